The highest BCUT2D eigenvalue weighted by Gasteiger charge is 2.34. The molecular weight excluding hydrogens is 366 g/mol. The van der Waals surface area contributed by atoms with Crippen LogP contribution in [0, 0.1) is 0 Å². The highest BCUT2D eigenvalue weighted by atomic mass is 35.5. The largest absolute Gasteiger partial charge is 0.508 e. The fraction of sp³-hybridized carbons (Fsp3) is 0.105. The number of carbonyl (C=O) groups excluding carboxylic acids is 1. The molecule has 0 unspecified atom stereocenters. The molecule has 0 spiro atoms. The minimum atomic E-state index is -0.592. The van der Waals surface area contributed by atoms with Crippen LogP contribution in [-0.4, -0.2) is 25.8 Å². The predicted octanol–water partition coefficient (Wildman–Crippen LogP) is 3.08. The summed E-state index contributed by atoms with van der Waals surface area (Å²) in [4.78, 5) is 16.7. The van der Waals surface area contributed by atoms with Gasteiger partial charge < -0.3 is 16.2 Å². The van der Waals surface area contributed by atoms with Crippen LogP contribution in [0.5, 0.6) is 5.75 Å². The lowest BCUT2D eigenvalue weighted by molar-refractivity contribution is -0.115. The molecule has 0 aliphatic carbocycles. The molecule has 0 radical (unpaired) electrons. The molecule has 27 heavy (non-hydrogen) atoms. The summed E-state index contributed by atoms with van der Waals surface area (Å²) in [5, 5.41) is 17.7. The summed E-state index contributed by atoms with van der Waals surface area (Å²) in [6.07, 6.45) is 0. The summed E-state index contributed by atoms with van der Waals surface area (Å²) in [7, 11) is 0. The first-order valence-corrected chi connectivity index (χ1v) is 8.61. The van der Waals surface area contributed by atoms with Gasteiger partial charge >= 0.3 is 0 Å². The maximum absolute atomic E-state index is 12.2. The molecule has 1 aliphatic rings. The monoisotopic (exact) mass is 381 g/mol. The van der Waals surface area contributed by atoms with Gasteiger partial charge in [-0.1, -0.05) is 29.8 Å². The number of carbonyl (C=O) groups is 1. The second-order valence-corrected chi connectivity index (χ2v) is 6.61. The van der Waals surface area contributed by atoms with E-state index >= 15 is 0 Å². The topological polar surface area (TPSA) is 106 Å². The second-order valence-electron chi connectivity index (χ2n) is 6.20. The average molecular weight is 382 g/mol. The summed E-state index contributed by atoms with van der Waals surface area (Å²) < 4.78 is 1.61. The Morgan fingerprint density at radius 3 is 2.59 bits per heavy atom. The summed E-state index contributed by atoms with van der Waals surface area (Å²) in [5.41, 5.74) is 8.07. The number of phenolic OH excluding ortho intramolecular Hbond substituents is 1. The van der Waals surface area contributed by atoms with Gasteiger partial charge in [-0.2, -0.15) is 4.98 Å². The summed E-state index contributed by atoms with van der Waals surface area (Å²) in [6.45, 7) is 1.77. The van der Waals surface area contributed by atoms with Crippen LogP contribution in [0.25, 0.3) is 11.4 Å². The van der Waals surface area contributed by atoms with Crippen molar-refractivity contribution >= 4 is 23.5 Å². The molecule has 2 heterocycles. The van der Waals surface area contributed by atoms with Crippen LogP contribution in [0.3, 0.4) is 0 Å². The Morgan fingerprint density at radius 2 is 1.93 bits per heavy atom. The molecule has 8 heteroatoms. The van der Waals surface area contributed by atoms with Gasteiger partial charge in [-0.25, -0.2) is 4.68 Å². The van der Waals surface area contributed by atoms with Gasteiger partial charge in [-0.05, 0) is 37.3 Å². The molecule has 3 aromatic rings. The zero-order chi connectivity index (χ0) is 19.1. The van der Waals surface area contributed by atoms with Crippen molar-refractivity contribution < 1.29 is 9.90 Å². The van der Waals surface area contributed by atoms with Crippen LogP contribution in [0.2, 0.25) is 5.02 Å². The molecular formula is C19H16ClN5O2. The van der Waals surface area contributed by atoms with Crippen LogP contribution in [0.15, 0.2) is 59.8 Å². The van der Waals surface area contributed by atoms with E-state index in [2.05, 4.69) is 15.4 Å². The number of amides is 1. The molecule has 0 saturated heterocycles. The third kappa shape index (κ3) is 2.92. The molecule has 4 rings (SSSR count). The van der Waals surface area contributed by atoms with Crippen LogP contribution < -0.4 is 11.1 Å². The van der Waals surface area contributed by atoms with Crippen molar-refractivity contribution in [1.29, 1.82) is 0 Å². The molecule has 1 amide bonds. The van der Waals surface area contributed by atoms with Crippen molar-refractivity contribution in [2.75, 3.05) is 5.32 Å². The molecule has 136 valence electrons. The van der Waals surface area contributed by atoms with Crippen molar-refractivity contribution in [3.8, 4) is 17.1 Å². The Bertz CT molecular complexity index is 1070. The molecule has 1 aliphatic heterocycles. The highest BCUT2D eigenvalue weighted by molar-refractivity contribution is 6.31. The van der Waals surface area contributed by atoms with Crippen LogP contribution in [0.1, 0.15) is 18.5 Å². The predicted molar refractivity (Wildman–Crippen MR) is 102 cm³/mol. The van der Waals surface area contributed by atoms with Gasteiger partial charge in [-0.3, -0.25) is 4.79 Å². The number of hydrogen-bond acceptors (Lipinski definition) is 5. The standard InChI is InChI=1S/C19H16ClN5O2/c1-10-15(17(21)27)16(13-4-2-3-5-14(13)20)25-19(22-10)23-18(24-25)11-6-8-12(26)9-7-11/h2-9,16,26H,1H3,(H2,21,27)(H,22,23,24)/t16-/m0/s1. The molecule has 0 bridgehead atoms. The van der Waals surface area contributed by atoms with Crippen LogP contribution >= 0.6 is 11.6 Å². The Hall–Kier alpha value is -3.32. The first-order chi connectivity index (χ1) is 13.0. The second kappa shape index (κ2) is 6.44. The number of nitrogens with two attached hydrogens (primary N) is 1. The lowest BCUT2D eigenvalue weighted by Gasteiger charge is -2.28. The normalized spacial score (nSPS) is 16.0. The van der Waals surface area contributed by atoms with E-state index in [0.717, 1.165) is 5.56 Å². The smallest absolute Gasteiger partial charge is 0.248 e. The van der Waals surface area contributed by atoms with Gasteiger partial charge in [0.25, 0.3) is 0 Å². The molecule has 4 N–H and O–H groups in total. The lowest BCUT2D eigenvalue weighted by Crippen LogP contribution is -2.32. The van der Waals surface area contributed by atoms with E-state index in [9.17, 15) is 9.90 Å². The van der Waals surface area contributed by atoms with Gasteiger partial charge in [0, 0.05) is 21.8 Å². The fourth-order valence-corrected chi connectivity index (χ4v) is 3.43. The van der Waals surface area contributed by atoms with Gasteiger partial charge in [0.15, 0.2) is 5.82 Å². The maximum atomic E-state index is 12.2. The fourth-order valence-electron chi connectivity index (χ4n) is 3.19. The summed E-state index contributed by atoms with van der Waals surface area (Å²) in [5.74, 6) is 0.527. The zero-order valence-electron chi connectivity index (χ0n) is 14.3. The maximum Gasteiger partial charge on any atom is 0.248 e. The molecule has 7 nitrogen and oxygen atoms in total. The summed E-state index contributed by atoms with van der Waals surface area (Å²) >= 11 is 6.40. The van der Waals surface area contributed by atoms with Crippen molar-refractivity contribution in [3.05, 3.63) is 70.4 Å². The number of fused-ring (bicyclic) bond motifs is 1. The van der Waals surface area contributed by atoms with Gasteiger partial charge in [0.05, 0.1) is 5.57 Å². The minimum absolute atomic E-state index is 0.156. The molecule has 2 aromatic carbocycles. The van der Waals surface area contributed by atoms with E-state index in [0.29, 0.717) is 33.6 Å². The number of primary amides is 1. The number of hydrogen-bond donors (Lipinski definition) is 3. The average Bonchev–Trinajstić information content (AvgIpc) is 3.05. The van der Waals surface area contributed by atoms with E-state index in [4.69, 9.17) is 17.3 Å². The molecule has 0 saturated carbocycles. The van der Waals surface area contributed by atoms with Gasteiger partial charge in [0.2, 0.25) is 11.9 Å². The van der Waals surface area contributed by atoms with Gasteiger partial charge in [-0.15, -0.1) is 5.10 Å². The van der Waals surface area contributed by atoms with Crippen molar-refractivity contribution in [1.82, 2.24) is 14.8 Å². The summed E-state index contributed by atoms with van der Waals surface area (Å²) in [6, 6.07) is 13.2. The van der Waals surface area contributed by atoms with E-state index in [1.54, 1.807) is 41.9 Å². The number of nitrogens with one attached hydrogen (secondary N) is 1. The number of aromatic nitrogens is 3. The lowest BCUT2D eigenvalue weighted by atomic mass is 9.95. The van der Waals surface area contributed by atoms with E-state index < -0.39 is 11.9 Å². The minimum Gasteiger partial charge on any atom is -0.508 e. The number of phenols is 1. The SMILES string of the molecule is CC1=C(C(N)=O)[C@H](c2ccccc2Cl)n2nc(-c3ccc(O)cc3)nc2N1. The molecule has 1 aromatic heterocycles. The van der Waals surface area contributed by atoms with Gasteiger partial charge in [0.1, 0.15) is 11.8 Å². The van der Waals surface area contributed by atoms with Crippen molar-refractivity contribution in [2.45, 2.75) is 13.0 Å². The van der Waals surface area contributed by atoms with E-state index in [1.807, 2.05) is 18.2 Å². The van der Waals surface area contributed by atoms with Crippen LogP contribution in [0.4, 0.5) is 5.95 Å². The number of allylic oxidation sites excluding steroid dienone is 1. The Kier molecular flexibility index (Phi) is 4.08. The molecule has 1 atom stereocenters. The van der Waals surface area contributed by atoms with E-state index in [1.165, 1.54) is 0 Å². The number of halogens is 1. The number of nitrogens with zero attached hydrogens (tertiary/aromatic N) is 3. The number of benzene rings is 2. The Morgan fingerprint density at radius 1 is 1.22 bits per heavy atom. The third-order valence-electron chi connectivity index (χ3n) is 4.44. The van der Waals surface area contributed by atoms with Crippen LogP contribution in [-0.2, 0) is 4.79 Å². The highest BCUT2D eigenvalue weighted by Crippen LogP contribution is 2.38. The Balaban J connectivity index is 1.90. The number of anilines is 1. The number of aromatic hydroxyl groups is 1. The number of rotatable bonds is 3. The Labute approximate surface area is 160 Å². The van der Waals surface area contributed by atoms with Crippen molar-refractivity contribution in [3.63, 3.8) is 0 Å². The van der Waals surface area contributed by atoms with Crippen molar-refractivity contribution in [2.24, 2.45) is 5.73 Å². The first kappa shape index (κ1) is 17.1. The first-order valence-electron chi connectivity index (χ1n) is 8.23. The quantitative estimate of drug-likeness (QED) is 0.646. The third-order valence-corrected chi connectivity index (χ3v) is 4.79. The van der Waals surface area contributed by atoms with E-state index in [-0.39, 0.29) is 5.75 Å². The zero-order valence-corrected chi connectivity index (χ0v) is 15.1. The molecule has 0 fully saturated rings.